The lowest BCUT2D eigenvalue weighted by molar-refractivity contribution is 0.330. The Morgan fingerprint density at radius 1 is 1.22 bits per heavy atom. The topological polar surface area (TPSA) is 63.8 Å². The monoisotopic (exact) mass is 248 g/mol. The first kappa shape index (κ1) is 13.1. The summed E-state index contributed by atoms with van der Waals surface area (Å²) in [5.41, 5.74) is 5.79. The number of nitrogens with one attached hydrogen (secondary N) is 1. The summed E-state index contributed by atoms with van der Waals surface area (Å²) in [6.45, 7) is 4.34. The molecule has 1 aliphatic rings. The second kappa shape index (κ2) is 6.03. The number of hydrogen-bond acceptors (Lipinski definition) is 4. The Balaban J connectivity index is 1.95. The molecule has 1 aliphatic carbocycles. The first-order valence-electron chi connectivity index (χ1n) is 7.11. The van der Waals surface area contributed by atoms with Gasteiger partial charge in [-0.1, -0.05) is 20.3 Å². The van der Waals surface area contributed by atoms with Gasteiger partial charge in [0.15, 0.2) is 0 Å². The van der Waals surface area contributed by atoms with E-state index in [9.17, 15) is 0 Å². The first-order valence-corrected chi connectivity index (χ1v) is 7.11. The summed E-state index contributed by atoms with van der Waals surface area (Å²) in [7, 11) is 0. The summed E-state index contributed by atoms with van der Waals surface area (Å²) in [6, 6.07) is 2.39. The van der Waals surface area contributed by atoms with Crippen molar-refractivity contribution in [3.63, 3.8) is 0 Å². The van der Waals surface area contributed by atoms with Gasteiger partial charge >= 0.3 is 0 Å². The fourth-order valence-corrected chi connectivity index (χ4v) is 2.67. The quantitative estimate of drug-likeness (QED) is 0.859. The standard InChI is InChI=1S/C14H24N4/c1-3-10-5-7-11(8-6-10)16-14-9-12(15)17-13(4-2)18-14/h9-11H,3-8H2,1-2H3,(H3,15,16,17,18). The largest absolute Gasteiger partial charge is 0.384 e. The highest BCUT2D eigenvalue weighted by Crippen LogP contribution is 2.28. The van der Waals surface area contributed by atoms with Gasteiger partial charge in [-0.15, -0.1) is 0 Å². The van der Waals surface area contributed by atoms with E-state index in [2.05, 4.69) is 22.2 Å². The van der Waals surface area contributed by atoms with E-state index in [1.165, 1.54) is 32.1 Å². The number of aromatic nitrogens is 2. The van der Waals surface area contributed by atoms with E-state index in [0.29, 0.717) is 11.9 Å². The second-order valence-corrected chi connectivity index (χ2v) is 5.22. The van der Waals surface area contributed by atoms with Crippen LogP contribution in [0.15, 0.2) is 6.07 Å². The second-order valence-electron chi connectivity index (χ2n) is 5.22. The molecule has 0 amide bonds. The molecule has 0 aromatic carbocycles. The third-order valence-electron chi connectivity index (χ3n) is 3.88. The molecule has 3 N–H and O–H groups in total. The summed E-state index contributed by atoms with van der Waals surface area (Å²) in [5, 5.41) is 3.51. The maximum Gasteiger partial charge on any atom is 0.132 e. The normalized spacial score (nSPS) is 23.9. The minimum absolute atomic E-state index is 0.548. The Kier molecular flexibility index (Phi) is 4.39. The molecule has 0 spiro atoms. The van der Waals surface area contributed by atoms with Gasteiger partial charge in [0.2, 0.25) is 0 Å². The maximum absolute atomic E-state index is 5.79. The highest BCUT2D eigenvalue weighted by atomic mass is 15.1. The van der Waals surface area contributed by atoms with Crippen molar-refractivity contribution in [3.8, 4) is 0 Å². The van der Waals surface area contributed by atoms with E-state index >= 15 is 0 Å². The molecule has 0 saturated heterocycles. The molecule has 0 atom stereocenters. The number of nitrogens with two attached hydrogens (primary N) is 1. The van der Waals surface area contributed by atoms with Crippen molar-refractivity contribution >= 4 is 11.6 Å². The van der Waals surface area contributed by atoms with E-state index in [1.807, 2.05) is 13.0 Å². The van der Waals surface area contributed by atoms with Gasteiger partial charge in [0, 0.05) is 18.5 Å². The van der Waals surface area contributed by atoms with Crippen LogP contribution in [0.5, 0.6) is 0 Å². The molecule has 1 saturated carbocycles. The molecule has 0 unspecified atom stereocenters. The van der Waals surface area contributed by atoms with E-state index in [1.54, 1.807) is 0 Å². The number of nitrogens with zero attached hydrogens (tertiary/aromatic N) is 2. The van der Waals surface area contributed by atoms with E-state index in [-0.39, 0.29) is 0 Å². The number of hydrogen-bond donors (Lipinski definition) is 2. The Hall–Kier alpha value is -1.32. The van der Waals surface area contributed by atoms with Crippen LogP contribution in [0.1, 0.15) is 51.8 Å². The van der Waals surface area contributed by atoms with Gasteiger partial charge in [-0.2, -0.15) is 0 Å². The molecule has 0 aliphatic heterocycles. The summed E-state index contributed by atoms with van der Waals surface area (Å²) in [4.78, 5) is 8.68. The Morgan fingerprint density at radius 3 is 2.56 bits per heavy atom. The van der Waals surface area contributed by atoms with Gasteiger partial charge in [-0.3, -0.25) is 0 Å². The summed E-state index contributed by atoms with van der Waals surface area (Å²) in [6.07, 6.45) is 7.27. The van der Waals surface area contributed by atoms with Crippen LogP contribution in [0, 0.1) is 5.92 Å². The molecule has 1 aromatic heterocycles. The molecule has 0 radical (unpaired) electrons. The minimum Gasteiger partial charge on any atom is -0.384 e. The van der Waals surface area contributed by atoms with Crippen molar-refractivity contribution in [2.75, 3.05) is 11.1 Å². The predicted molar refractivity (Wildman–Crippen MR) is 75.5 cm³/mol. The molecular formula is C14H24N4. The number of rotatable bonds is 4. The van der Waals surface area contributed by atoms with Gasteiger partial charge in [-0.25, -0.2) is 9.97 Å². The van der Waals surface area contributed by atoms with Crippen LogP contribution < -0.4 is 11.1 Å². The number of nitrogen functional groups attached to an aromatic ring is 1. The van der Waals surface area contributed by atoms with Crippen molar-refractivity contribution in [2.24, 2.45) is 5.92 Å². The zero-order valence-corrected chi connectivity index (χ0v) is 11.4. The van der Waals surface area contributed by atoms with E-state index < -0.39 is 0 Å². The Labute approximate surface area is 109 Å². The van der Waals surface area contributed by atoms with Crippen LogP contribution in [0.2, 0.25) is 0 Å². The molecule has 1 fully saturated rings. The zero-order chi connectivity index (χ0) is 13.0. The van der Waals surface area contributed by atoms with Crippen LogP contribution in [-0.4, -0.2) is 16.0 Å². The SMILES string of the molecule is CCc1nc(N)cc(NC2CCC(CC)CC2)n1. The molecule has 18 heavy (non-hydrogen) atoms. The van der Waals surface area contributed by atoms with Gasteiger partial charge in [0.05, 0.1) is 0 Å². The van der Waals surface area contributed by atoms with E-state index in [4.69, 9.17) is 5.73 Å². The number of anilines is 2. The van der Waals surface area contributed by atoms with Crippen LogP contribution >= 0.6 is 0 Å². The third kappa shape index (κ3) is 3.34. The Bertz CT molecular complexity index is 383. The summed E-state index contributed by atoms with van der Waals surface area (Å²) in [5.74, 6) is 3.19. The summed E-state index contributed by atoms with van der Waals surface area (Å²) < 4.78 is 0. The molecule has 100 valence electrons. The van der Waals surface area contributed by atoms with Crippen molar-refractivity contribution in [3.05, 3.63) is 11.9 Å². The first-order chi connectivity index (χ1) is 8.71. The van der Waals surface area contributed by atoms with Crippen LogP contribution in [0.25, 0.3) is 0 Å². The minimum atomic E-state index is 0.548. The molecule has 0 bridgehead atoms. The lowest BCUT2D eigenvalue weighted by atomic mass is 9.84. The van der Waals surface area contributed by atoms with Gasteiger partial charge < -0.3 is 11.1 Å². The third-order valence-corrected chi connectivity index (χ3v) is 3.88. The average molecular weight is 248 g/mol. The molecular weight excluding hydrogens is 224 g/mol. The maximum atomic E-state index is 5.79. The highest BCUT2D eigenvalue weighted by molar-refractivity contribution is 5.45. The summed E-state index contributed by atoms with van der Waals surface area (Å²) >= 11 is 0. The number of aryl methyl sites for hydroxylation is 1. The Morgan fingerprint density at radius 2 is 1.94 bits per heavy atom. The molecule has 4 nitrogen and oxygen atoms in total. The lowest BCUT2D eigenvalue weighted by Gasteiger charge is -2.28. The van der Waals surface area contributed by atoms with Crippen molar-refractivity contribution in [1.29, 1.82) is 0 Å². The predicted octanol–water partition coefficient (Wildman–Crippen LogP) is 3.00. The highest BCUT2D eigenvalue weighted by Gasteiger charge is 2.20. The fourth-order valence-electron chi connectivity index (χ4n) is 2.67. The van der Waals surface area contributed by atoms with Gasteiger partial charge in [0.25, 0.3) is 0 Å². The van der Waals surface area contributed by atoms with E-state index in [0.717, 1.165) is 24.0 Å². The van der Waals surface area contributed by atoms with Crippen LogP contribution in [0.4, 0.5) is 11.6 Å². The average Bonchev–Trinajstić information content (AvgIpc) is 2.39. The van der Waals surface area contributed by atoms with Gasteiger partial charge in [0.1, 0.15) is 17.5 Å². The van der Waals surface area contributed by atoms with Gasteiger partial charge in [-0.05, 0) is 31.6 Å². The van der Waals surface area contributed by atoms with Crippen molar-refractivity contribution in [1.82, 2.24) is 9.97 Å². The molecule has 1 heterocycles. The fraction of sp³-hybridized carbons (Fsp3) is 0.714. The molecule has 1 aromatic rings. The lowest BCUT2D eigenvalue weighted by Crippen LogP contribution is -2.26. The smallest absolute Gasteiger partial charge is 0.132 e. The molecule has 4 heteroatoms. The van der Waals surface area contributed by atoms with Crippen molar-refractivity contribution < 1.29 is 0 Å². The zero-order valence-electron chi connectivity index (χ0n) is 11.4. The van der Waals surface area contributed by atoms with Crippen LogP contribution in [0.3, 0.4) is 0 Å². The van der Waals surface area contributed by atoms with Crippen molar-refractivity contribution in [2.45, 2.75) is 58.4 Å². The van der Waals surface area contributed by atoms with Crippen LogP contribution in [-0.2, 0) is 6.42 Å². The molecule has 2 rings (SSSR count).